The number of aryl methyl sites for hydroxylation is 1. The molecular weight excluding hydrogens is 368 g/mol. The van der Waals surface area contributed by atoms with Crippen LogP contribution in [0.1, 0.15) is 34.8 Å². The number of fused-ring (bicyclic) bond motifs is 1. The first-order valence-corrected chi connectivity index (χ1v) is 9.60. The smallest absolute Gasteiger partial charge is 0.338 e. The molecule has 3 aromatic rings. The topological polar surface area (TPSA) is 77.3 Å². The first-order valence-electron chi connectivity index (χ1n) is 9.60. The lowest BCUT2D eigenvalue weighted by atomic mass is 9.96. The highest BCUT2D eigenvalue weighted by molar-refractivity contribution is 5.98. The average molecular weight is 390 g/mol. The van der Waals surface area contributed by atoms with Crippen molar-refractivity contribution in [3.05, 3.63) is 77.9 Å². The van der Waals surface area contributed by atoms with Crippen LogP contribution in [0, 0.1) is 0 Å². The van der Waals surface area contributed by atoms with Gasteiger partial charge in [0.15, 0.2) is 6.61 Å². The Balaban J connectivity index is 1.37. The second-order valence-corrected chi connectivity index (χ2v) is 7.15. The van der Waals surface area contributed by atoms with Crippen LogP contribution in [0.2, 0.25) is 0 Å². The highest BCUT2D eigenvalue weighted by atomic mass is 16.5. The third-order valence-corrected chi connectivity index (χ3v) is 5.12. The average Bonchev–Trinajstić information content (AvgIpc) is 3.25. The molecular formula is C22H22N4O3. The predicted molar refractivity (Wildman–Crippen MR) is 108 cm³/mol. The van der Waals surface area contributed by atoms with E-state index in [2.05, 4.69) is 10.1 Å². The maximum absolute atomic E-state index is 12.8. The maximum Gasteiger partial charge on any atom is 0.338 e. The van der Waals surface area contributed by atoms with Crippen molar-refractivity contribution in [2.45, 2.75) is 32.4 Å². The first kappa shape index (κ1) is 18.9. The largest absolute Gasteiger partial charge is 0.452 e. The van der Waals surface area contributed by atoms with Crippen LogP contribution in [-0.4, -0.2) is 39.3 Å². The molecule has 148 valence electrons. The summed E-state index contributed by atoms with van der Waals surface area (Å²) in [5, 5.41) is 4.06. The number of para-hydroxylation sites is 1. The van der Waals surface area contributed by atoms with E-state index < -0.39 is 5.97 Å². The Morgan fingerprint density at radius 2 is 1.93 bits per heavy atom. The van der Waals surface area contributed by atoms with Gasteiger partial charge in [-0.2, -0.15) is 5.10 Å². The van der Waals surface area contributed by atoms with Gasteiger partial charge < -0.3 is 9.64 Å². The van der Waals surface area contributed by atoms with Crippen molar-refractivity contribution >= 4 is 17.6 Å². The Morgan fingerprint density at radius 1 is 1.14 bits per heavy atom. The van der Waals surface area contributed by atoms with Gasteiger partial charge in [-0.25, -0.2) is 14.5 Å². The second kappa shape index (κ2) is 8.26. The molecule has 1 aliphatic heterocycles. The zero-order chi connectivity index (χ0) is 20.2. The second-order valence-electron chi connectivity index (χ2n) is 7.15. The molecule has 0 spiro atoms. The van der Waals surface area contributed by atoms with Crippen LogP contribution < -0.4 is 4.90 Å². The molecule has 7 heteroatoms. The number of aromatic nitrogens is 3. The van der Waals surface area contributed by atoms with E-state index in [4.69, 9.17) is 4.74 Å². The van der Waals surface area contributed by atoms with Gasteiger partial charge in [-0.1, -0.05) is 30.3 Å². The molecule has 0 bridgehead atoms. The molecule has 2 aromatic carbocycles. The van der Waals surface area contributed by atoms with E-state index >= 15 is 0 Å². The number of ether oxygens (including phenoxy) is 1. The minimum absolute atomic E-state index is 0.0761. The monoisotopic (exact) mass is 390 g/mol. The lowest BCUT2D eigenvalue weighted by Crippen LogP contribution is -2.44. The summed E-state index contributed by atoms with van der Waals surface area (Å²) < 4.78 is 6.99. The quantitative estimate of drug-likeness (QED) is 0.626. The number of benzene rings is 2. The van der Waals surface area contributed by atoms with E-state index in [-0.39, 0.29) is 18.6 Å². The molecule has 0 saturated heterocycles. The molecule has 1 unspecified atom stereocenters. The van der Waals surface area contributed by atoms with Crippen LogP contribution >= 0.6 is 0 Å². The molecule has 1 aliphatic rings. The van der Waals surface area contributed by atoms with Crippen LogP contribution in [-0.2, 0) is 22.5 Å². The lowest BCUT2D eigenvalue weighted by Gasteiger charge is -2.35. The number of anilines is 1. The Kier molecular flexibility index (Phi) is 5.37. The van der Waals surface area contributed by atoms with E-state index in [9.17, 15) is 9.59 Å². The van der Waals surface area contributed by atoms with Crippen LogP contribution in [0.4, 0.5) is 5.69 Å². The maximum atomic E-state index is 12.8. The van der Waals surface area contributed by atoms with Crippen LogP contribution in [0.15, 0.2) is 61.2 Å². The number of amides is 1. The summed E-state index contributed by atoms with van der Waals surface area (Å²) in [6, 6.07) is 15.0. The van der Waals surface area contributed by atoms with E-state index in [1.54, 1.807) is 28.0 Å². The van der Waals surface area contributed by atoms with E-state index in [1.807, 2.05) is 43.3 Å². The molecule has 7 nitrogen and oxygen atoms in total. The minimum Gasteiger partial charge on any atom is -0.452 e. The number of rotatable bonds is 5. The first-order chi connectivity index (χ1) is 14.1. The fourth-order valence-corrected chi connectivity index (χ4v) is 3.60. The summed E-state index contributed by atoms with van der Waals surface area (Å²) in [5.41, 5.74) is 3.45. The van der Waals surface area contributed by atoms with Crippen molar-refractivity contribution in [1.29, 1.82) is 0 Å². The Labute approximate surface area is 168 Å². The number of carbonyl (C=O) groups excluding carboxylic acids is 2. The molecule has 1 aromatic heterocycles. The third kappa shape index (κ3) is 4.18. The van der Waals surface area contributed by atoms with Crippen LogP contribution in [0.3, 0.4) is 0 Å². The summed E-state index contributed by atoms with van der Waals surface area (Å²) in [7, 11) is 0. The van der Waals surface area contributed by atoms with Gasteiger partial charge in [-0.15, -0.1) is 0 Å². The molecule has 2 heterocycles. The van der Waals surface area contributed by atoms with Crippen LogP contribution in [0.25, 0.3) is 0 Å². The SMILES string of the molecule is CC1CCc2ccccc2N1C(=O)COC(=O)c1ccc(Cn2cncn2)cc1. The highest BCUT2D eigenvalue weighted by Crippen LogP contribution is 2.30. The van der Waals surface area contributed by atoms with Gasteiger partial charge in [0.1, 0.15) is 12.7 Å². The molecule has 0 N–H and O–H groups in total. The lowest BCUT2D eigenvalue weighted by molar-refractivity contribution is -0.122. The predicted octanol–water partition coefficient (Wildman–Crippen LogP) is 2.85. The number of hydrogen-bond donors (Lipinski definition) is 0. The fourth-order valence-electron chi connectivity index (χ4n) is 3.60. The molecule has 1 amide bonds. The summed E-state index contributed by atoms with van der Waals surface area (Å²) in [6.45, 7) is 2.31. The highest BCUT2D eigenvalue weighted by Gasteiger charge is 2.28. The van der Waals surface area contributed by atoms with Gasteiger partial charge in [0, 0.05) is 11.7 Å². The molecule has 0 fully saturated rings. The fraction of sp³-hybridized carbons (Fsp3) is 0.273. The molecule has 1 atom stereocenters. The van der Waals surface area contributed by atoms with Crippen molar-refractivity contribution < 1.29 is 14.3 Å². The van der Waals surface area contributed by atoms with E-state index in [0.29, 0.717) is 12.1 Å². The van der Waals surface area contributed by atoms with Gasteiger partial charge in [-0.3, -0.25) is 4.79 Å². The summed E-state index contributed by atoms with van der Waals surface area (Å²) in [6.07, 6.45) is 4.95. The van der Waals surface area contributed by atoms with Crippen molar-refractivity contribution in [1.82, 2.24) is 14.8 Å². The third-order valence-electron chi connectivity index (χ3n) is 5.12. The van der Waals surface area contributed by atoms with Crippen molar-refractivity contribution in [3.8, 4) is 0 Å². The van der Waals surface area contributed by atoms with Crippen molar-refractivity contribution in [2.75, 3.05) is 11.5 Å². The minimum atomic E-state index is -0.511. The van der Waals surface area contributed by atoms with Crippen LogP contribution in [0.5, 0.6) is 0 Å². The molecule has 0 aliphatic carbocycles. The molecule has 0 radical (unpaired) electrons. The van der Waals surface area contributed by atoms with Crippen molar-refractivity contribution in [2.24, 2.45) is 0 Å². The van der Waals surface area contributed by atoms with Gasteiger partial charge in [-0.05, 0) is 49.1 Å². The summed E-state index contributed by atoms with van der Waals surface area (Å²) in [4.78, 5) is 30.8. The molecule has 0 saturated carbocycles. The Morgan fingerprint density at radius 3 is 2.69 bits per heavy atom. The number of nitrogens with zero attached hydrogens (tertiary/aromatic N) is 4. The Hall–Kier alpha value is -3.48. The normalized spacial score (nSPS) is 15.6. The van der Waals surface area contributed by atoms with Gasteiger partial charge in [0.2, 0.25) is 0 Å². The number of esters is 1. The van der Waals surface area contributed by atoms with E-state index in [1.165, 1.54) is 6.33 Å². The van der Waals surface area contributed by atoms with Gasteiger partial charge >= 0.3 is 5.97 Å². The van der Waals surface area contributed by atoms with Gasteiger partial charge in [0.25, 0.3) is 5.91 Å². The van der Waals surface area contributed by atoms with Gasteiger partial charge in [0.05, 0.1) is 12.1 Å². The van der Waals surface area contributed by atoms with E-state index in [0.717, 1.165) is 29.7 Å². The summed E-state index contributed by atoms with van der Waals surface area (Å²) >= 11 is 0. The zero-order valence-corrected chi connectivity index (χ0v) is 16.2. The standard InChI is InChI=1S/C22H22N4O3/c1-16-6-9-18-4-2-3-5-20(18)26(16)21(27)13-29-22(28)19-10-7-17(8-11-19)12-25-15-23-14-24-25/h2-5,7-8,10-11,14-16H,6,9,12-13H2,1H3. The Bertz CT molecular complexity index is 999. The summed E-state index contributed by atoms with van der Waals surface area (Å²) in [5.74, 6) is -0.718. The molecule has 29 heavy (non-hydrogen) atoms. The number of carbonyl (C=O) groups is 2. The zero-order valence-electron chi connectivity index (χ0n) is 16.2. The number of hydrogen-bond acceptors (Lipinski definition) is 5. The molecule has 4 rings (SSSR count). The van der Waals surface area contributed by atoms with Crippen molar-refractivity contribution in [3.63, 3.8) is 0 Å².